The van der Waals surface area contributed by atoms with E-state index >= 15 is 0 Å². The lowest BCUT2D eigenvalue weighted by Crippen LogP contribution is -2.27. The van der Waals surface area contributed by atoms with E-state index in [2.05, 4.69) is 4.98 Å². The van der Waals surface area contributed by atoms with Crippen LogP contribution >= 0.6 is 54.0 Å². The standard InChI is InChI=1S/C5H2Cl4NO3P/c6-1-3(14(11,12)13)2(7)5(9)10-4(1)8/h(H2,11,12,13)/p-2. The highest BCUT2D eigenvalue weighted by Crippen LogP contribution is 2.37. The minimum atomic E-state index is -5.12. The summed E-state index contributed by atoms with van der Waals surface area (Å²) in [4.78, 5) is 24.9. The van der Waals surface area contributed by atoms with E-state index in [-0.39, 0.29) is 10.3 Å². The lowest BCUT2D eigenvalue weighted by atomic mass is 10.5. The molecule has 1 aromatic rings. The van der Waals surface area contributed by atoms with Crippen molar-refractivity contribution >= 4 is 59.3 Å². The summed E-state index contributed by atoms with van der Waals surface area (Å²) in [5.74, 6) is 0. The average Bonchev–Trinajstić information content (AvgIpc) is 1.98. The largest absolute Gasteiger partial charge is 0.807 e. The first-order valence-electron chi connectivity index (χ1n) is 2.97. The molecule has 0 atom stereocenters. The minimum absolute atomic E-state index is 0.386. The molecule has 1 aromatic heterocycles. The van der Waals surface area contributed by atoms with Gasteiger partial charge in [0.15, 0.2) is 0 Å². The van der Waals surface area contributed by atoms with Gasteiger partial charge >= 0.3 is 0 Å². The van der Waals surface area contributed by atoms with E-state index in [4.69, 9.17) is 46.4 Å². The number of nitrogens with zero attached hydrogens (tertiary/aromatic N) is 1. The molecule has 0 fully saturated rings. The van der Waals surface area contributed by atoms with E-state index in [1.54, 1.807) is 0 Å². The molecule has 0 amide bonds. The molecule has 0 unspecified atom stereocenters. The minimum Gasteiger partial charge on any atom is -0.807 e. The van der Waals surface area contributed by atoms with Crippen molar-refractivity contribution in [3.63, 3.8) is 0 Å². The Morgan fingerprint density at radius 3 is 1.64 bits per heavy atom. The molecule has 0 aromatic carbocycles. The lowest BCUT2D eigenvalue weighted by Gasteiger charge is -2.31. The molecule has 0 spiro atoms. The predicted molar refractivity (Wildman–Crippen MR) is 51.5 cm³/mol. The Morgan fingerprint density at radius 1 is 1.00 bits per heavy atom. The van der Waals surface area contributed by atoms with Crippen LogP contribution in [0.15, 0.2) is 0 Å². The average molecular weight is 295 g/mol. The zero-order chi connectivity index (χ0) is 11.1. The second kappa shape index (κ2) is 4.14. The Labute approximate surface area is 98.9 Å². The molecule has 0 aliphatic rings. The third-order valence-electron chi connectivity index (χ3n) is 1.25. The maximum absolute atomic E-state index is 10.7. The number of halogens is 4. The van der Waals surface area contributed by atoms with Crippen molar-refractivity contribution in [2.75, 3.05) is 0 Å². The molecular weight excluding hydrogens is 295 g/mol. The van der Waals surface area contributed by atoms with Crippen LogP contribution in [0.3, 0.4) is 0 Å². The third kappa shape index (κ3) is 2.34. The first kappa shape index (κ1) is 12.5. The zero-order valence-electron chi connectivity index (χ0n) is 6.13. The van der Waals surface area contributed by atoms with Gasteiger partial charge < -0.3 is 14.4 Å². The highest BCUT2D eigenvalue weighted by atomic mass is 35.5. The summed E-state index contributed by atoms with van der Waals surface area (Å²) in [6.07, 6.45) is 0. The Balaban J connectivity index is 3.65. The quantitative estimate of drug-likeness (QED) is 0.577. The van der Waals surface area contributed by atoms with Crippen LogP contribution in [0.1, 0.15) is 0 Å². The van der Waals surface area contributed by atoms with Crippen molar-refractivity contribution in [3.05, 3.63) is 20.4 Å². The van der Waals surface area contributed by atoms with Gasteiger partial charge in [0.1, 0.15) is 10.3 Å². The van der Waals surface area contributed by atoms with Crippen LogP contribution in [0, 0.1) is 0 Å². The SMILES string of the molecule is O=P([O-])([O-])c1c(Cl)c(Cl)nc(Cl)c1Cl. The Morgan fingerprint density at radius 2 is 1.36 bits per heavy atom. The molecule has 0 N–H and O–H groups in total. The van der Waals surface area contributed by atoms with Gasteiger partial charge in [0.2, 0.25) is 0 Å². The zero-order valence-corrected chi connectivity index (χ0v) is 10.0. The van der Waals surface area contributed by atoms with Crippen LogP contribution in [0.25, 0.3) is 0 Å². The fourth-order valence-corrected chi connectivity index (χ4v) is 2.89. The number of hydrogen-bond acceptors (Lipinski definition) is 4. The molecule has 4 nitrogen and oxygen atoms in total. The summed E-state index contributed by atoms with van der Waals surface area (Å²) < 4.78 is 10.7. The molecule has 0 saturated carbocycles. The third-order valence-corrected chi connectivity index (χ3v) is 3.98. The molecule has 0 bridgehead atoms. The number of pyridine rings is 1. The van der Waals surface area contributed by atoms with Crippen molar-refractivity contribution in [1.82, 2.24) is 4.98 Å². The molecule has 0 saturated heterocycles. The van der Waals surface area contributed by atoms with Gasteiger partial charge in [-0.05, 0) is 7.60 Å². The molecule has 9 heteroatoms. The normalized spacial score (nSPS) is 11.9. The van der Waals surface area contributed by atoms with E-state index < -0.39 is 22.9 Å². The molecule has 14 heavy (non-hydrogen) atoms. The summed E-state index contributed by atoms with van der Waals surface area (Å²) in [6, 6.07) is 0. The molecule has 1 rings (SSSR count). The Bertz CT molecular complexity index is 405. The maximum Gasteiger partial charge on any atom is 0.150 e. The summed E-state index contributed by atoms with van der Waals surface area (Å²) in [5, 5.41) is -2.64. The topological polar surface area (TPSA) is 76.1 Å². The van der Waals surface area contributed by atoms with Crippen molar-refractivity contribution in [1.29, 1.82) is 0 Å². The monoisotopic (exact) mass is 293 g/mol. The van der Waals surface area contributed by atoms with Crippen LogP contribution in [-0.2, 0) is 4.57 Å². The highest BCUT2D eigenvalue weighted by Gasteiger charge is 2.17. The van der Waals surface area contributed by atoms with Gasteiger partial charge in [-0.15, -0.1) is 0 Å². The van der Waals surface area contributed by atoms with Gasteiger partial charge in [-0.1, -0.05) is 46.4 Å². The van der Waals surface area contributed by atoms with Crippen molar-refractivity contribution < 1.29 is 14.4 Å². The second-order valence-corrected chi connectivity index (χ2v) is 5.08. The molecule has 0 aliphatic heterocycles. The van der Waals surface area contributed by atoms with Crippen molar-refractivity contribution in [3.8, 4) is 0 Å². The van der Waals surface area contributed by atoms with Crippen LogP contribution in [0.4, 0.5) is 0 Å². The maximum atomic E-state index is 10.7. The fourth-order valence-electron chi connectivity index (χ4n) is 0.717. The molecule has 0 aliphatic carbocycles. The molecule has 0 radical (unpaired) electrons. The number of rotatable bonds is 1. The Hall–Kier alpha value is 0.460. The van der Waals surface area contributed by atoms with E-state index in [0.717, 1.165) is 0 Å². The molecular formula is C5Cl4NO3P-2. The van der Waals surface area contributed by atoms with E-state index in [1.807, 2.05) is 0 Å². The van der Waals surface area contributed by atoms with Gasteiger partial charge in [-0.2, -0.15) is 0 Å². The highest BCUT2D eigenvalue weighted by molar-refractivity contribution is 7.58. The number of hydrogen-bond donors (Lipinski definition) is 0. The second-order valence-electron chi connectivity index (χ2n) is 2.17. The van der Waals surface area contributed by atoms with Crippen LogP contribution in [0.2, 0.25) is 20.4 Å². The summed E-state index contributed by atoms with van der Waals surface area (Å²) in [5.41, 5.74) is 0. The first-order valence-corrected chi connectivity index (χ1v) is 6.03. The van der Waals surface area contributed by atoms with Gasteiger partial charge in [0.05, 0.1) is 10.0 Å². The predicted octanol–water partition coefficient (Wildman–Crippen LogP) is 1.23. The van der Waals surface area contributed by atoms with E-state index in [9.17, 15) is 14.4 Å². The van der Waals surface area contributed by atoms with Crippen molar-refractivity contribution in [2.24, 2.45) is 0 Å². The number of aromatic nitrogens is 1. The smallest absolute Gasteiger partial charge is 0.150 e. The molecule has 1 heterocycles. The van der Waals surface area contributed by atoms with Gasteiger partial charge in [-0.3, -0.25) is 0 Å². The van der Waals surface area contributed by atoms with Crippen LogP contribution in [0.5, 0.6) is 0 Å². The summed E-state index contributed by atoms with van der Waals surface area (Å²) in [7, 11) is -5.12. The summed E-state index contributed by atoms with van der Waals surface area (Å²) >= 11 is 21.7. The van der Waals surface area contributed by atoms with Crippen LogP contribution < -0.4 is 15.1 Å². The van der Waals surface area contributed by atoms with Crippen molar-refractivity contribution in [2.45, 2.75) is 0 Å². The fraction of sp³-hybridized carbons (Fsp3) is 0. The lowest BCUT2D eigenvalue weighted by molar-refractivity contribution is -0.307. The van der Waals surface area contributed by atoms with Crippen LogP contribution in [-0.4, -0.2) is 4.98 Å². The first-order chi connectivity index (χ1) is 6.25. The van der Waals surface area contributed by atoms with Gasteiger partial charge in [-0.25, -0.2) is 4.98 Å². The van der Waals surface area contributed by atoms with E-state index in [1.165, 1.54) is 0 Å². The summed E-state index contributed by atoms with van der Waals surface area (Å²) in [6.45, 7) is 0. The molecule has 78 valence electrons. The van der Waals surface area contributed by atoms with E-state index in [0.29, 0.717) is 0 Å². The Kier molecular flexibility index (Phi) is 3.71. The van der Waals surface area contributed by atoms with Gasteiger partial charge in [0.25, 0.3) is 0 Å². The van der Waals surface area contributed by atoms with Gasteiger partial charge in [0, 0.05) is 5.30 Å².